The number of hydrogen-bond donors (Lipinski definition) is 1. The molecule has 0 radical (unpaired) electrons. The van der Waals surface area contributed by atoms with Gasteiger partial charge < -0.3 is 20.1 Å². The molecule has 0 saturated carbocycles. The molecule has 0 spiro atoms. The van der Waals surface area contributed by atoms with Crippen LogP contribution in [0, 0.1) is 0 Å². The minimum absolute atomic E-state index is 0.0664. The first-order valence-electron chi connectivity index (χ1n) is 12.3. The first kappa shape index (κ1) is 25.7. The van der Waals surface area contributed by atoms with E-state index in [2.05, 4.69) is 15.1 Å². The molecular formula is C26H29Cl2N7O2. The van der Waals surface area contributed by atoms with Crippen LogP contribution in [0.15, 0.2) is 42.6 Å². The van der Waals surface area contributed by atoms with Gasteiger partial charge in [-0.2, -0.15) is 20.1 Å². The zero-order valence-corrected chi connectivity index (χ0v) is 22.1. The number of hydrogen-bond acceptors (Lipinski definition) is 8. The predicted octanol–water partition coefficient (Wildman–Crippen LogP) is 5.17. The second-order valence-corrected chi connectivity index (χ2v) is 9.73. The van der Waals surface area contributed by atoms with Crippen LogP contribution in [0.1, 0.15) is 31.1 Å². The van der Waals surface area contributed by atoms with Gasteiger partial charge in [0.05, 0.1) is 28.4 Å². The van der Waals surface area contributed by atoms with Crippen molar-refractivity contribution in [2.45, 2.75) is 31.9 Å². The molecule has 1 aliphatic heterocycles. The topological polar surface area (TPSA) is 104 Å². The highest BCUT2D eigenvalue weighted by Crippen LogP contribution is 2.30. The summed E-state index contributed by atoms with van der Waals surface area (Å²) < 4.78 is 13.2. The zero-order valence-electron chi connectivity index (χ0n) is 20.6. The normalized spacial score (nSPS) is 15.8. The summed E-state index contributed by atoms with van der Waals surface area (Å²) in [6.07, 6.45) is 5.58. The summed E-state index contributed by atoms with van der Waals surface area (Å²) in [5.41, 5.74) is 8.90. The molecule has 2 aromatic heterocycles. The van der Waals surface area contributed by atoms with Crippen LogP contribution in [-0.4, -0.2) is 58.1 Å². The Labute approximate surface area is 225 Å². The summed E-state index contributed by atoms with van der Waals surface area (Å²) >= 11 is 12.6. The van der Waals surface area contributed by atoms with E-state index in [1.165, 1.54) is 0 Å². The molecule has 3 heterocycles. The van der Waals surface area contributed by atoms with E-state index in [0.717, 1.165) is 47.9 Å². The second kappa shape index (κ2) is 11.6. The van der Waals surface area contributed by atoms with Crippen LogP contribution in [0.2, 0.25) is 10.0 Å². The minimum Gasteiger partial charge on any atom is -0.383 e. The maximum absolute atomic E-state index is 6.41. The number of halogens is 2. The van der Waals surface area contributed by atoms with E-state index in [1.54, 1.807) is 13.2 Å². The molecule has 5 rings (SSSR count). The maximum Gasteiger partial charge on any atom is 0.230 e. The number of fused-ring (bicyclic) bond motifs is 1. The van der Waals surface area contributed by atoms with E-state index >= 15 is 0 Å². The largest absolute Gasteiger partial charge is 0.383 e. The number of ether oxygens (including phenoxy) is 2. The van der Waals surface area contributed by atoms with E-state index in [4.69, 9.17) is 43.4 Å². The molecule has 37 heavy (non-hydrogen) atoms. The van der Waals surface area contributed by atoms with Gasteiger partial charge >= 0.3 is 0 Å². The summed E-state index contributed by atoms with van der Waals surface area (Å²) in [6.45, 7) is 2.41. The maximum atomic E-state index is 6.41. The van der Waals surface area contributed by atoms with E-state index in [1.807, 2.05) is 46.1 Å². The average Bonchev–Trinajstić information content (AvgIpc) is 3.34. The van der Waals surface area contributed by atoms with Gasteiger partial charge in [-0.1, -0.05) is 47.5 Å². The molecule has 1 fully saturated rings. The van der Waals surface area contributed by atoms with Gasteiger partial charge in [-0.3, -0.25) is 0 Å². The van der Waals surface area contributed by atoms with Crippen molar-refractivity contribution in [2.24, 2.45) is 0 Å². The van der Waals surface area contributed by atoms with Crippen LogP contribution < -0.4 is 10.6 Å². The molecule has 11 heteroatoms. The van der Waals surface area contributed by atoms with Crippen molar-refractivity contribution in [2.75, 3.05) is 44.0 Å². The van der Waals surface area contributed by atoms with Gasteiger partial charge in [0.15, 0.2) is 12.1 Å². The monoisotopic (exact) mass is 541 g/mol. The van der Waals surface area contributed by atoms with Gasteiger partial charge in [-0.25, -0.2) is 4.68 Å². The SMILES string of the molecule is COCCN(CCc1cccc(Cl)c1Cl)c1nc(N)nc(-c2ccc3cnn(C4CCCCO4)c3c2)n1. The van der Waals surface area contributed by atoms with E-state index in [9.17, 15) is 0 Å². The van der Waals surface area contributed by atoms with E-state index in [-0.39, 0.29) is 12.2 Å². The molecule has 0 amide bonds. The van der Waals surface area contributed by atoms with Gasteiger partial charge in [-0.15, -0.1) is 0 Å². The van der Waals surface area contributed by atoms with Gasteiger partial charge in [0.25, 0.3) is 0 Å². The lowest BCUT2D eigenvalue weighted by atomic mass is 10.1. The number of nitrogens with zero attached hydrogens (tertiary/aromatic N) is 6. The first-order valence-corrected chi connectivity index (χ1v) is 13.1. The Kier molecular flexibility index (Phi) is 8.05. The Balaban J connectivity index is 1.45. The van der Waals surface area contributed by atoms with Crippen molar-refractivity contribution < 1.29 is 9.47 Å². The third-order valence-electron chi connectivity index (χ3n) is 6.46. The van der Waals surface area contributed by atoms with E-state index in [0.29, 0.717) is 47.9 Å². The fourth-order valence-electron chi connectivity index (χ4n) is 4.48. The standard InChI is InChI=1S/C26H29Cl2N7O2/c1-36-14-12-34(11-10-17-5-4-6-20(27)23(17)28)26-32-24(31-25(29)33-26)18-8-9-19-16-30-35(21(19)15-18)22-7-2-3-13-37-22/h4-6,8-9,15-16,22H,2-3,7,10-14H2,1H3,(H2,29,31,32,33). The summed E-state index contributed by atoms with van der Waals surface area (Å²) in [5, 5.41) is 6.70. The summed E-state index contributed by atoms with van der Waals surface area (Å²) in [6, 6.07) is 11.6. The molecule has 2 N–H and O–H groups in total. The number of methoxy groups -OCH3 is 1. The van der Waals surface area contributed by atoms with Crippen LogP contribution in [0.3, 0.4) is 0 Å². The molecule has 1 atom stereocenters. The Morgan fingerprint density at radius 1 is 1.14 bits per heavy atom. The highest BCUT2D eigenvalue weighted by atomic mass is 35.5. The zero-order chi connectivity index (χ0) is 25.8. The van der Waals surface area contributed by atoms with Crippen molar-refractivity contribution >= 4 is 46.0 Å². The van der Waals surface area contributed by atoms with E-state index < -0.39 is 0 Å². The number of nitrogens with two attached hydrogens (primary N) is 1. The third-order valence-corrected chi connectivity index (χ3v) is 7.31. The number of anilines is 2. The van der Waals surface area contributed by atoms with Crippen molar-refractivity contribution in [1.82, 2.24) is 24.7 Å². The highest BCUT2D eigenvalue weighted by Gasteiger charge is 2.20. The fourth-order valence-corrected chi connectivity index (χ4v) is 4.90. The fraction of sp³-hybridized carbons (Fsp3) is 0.385. The summed E-state index contributed by atoms with van der Waals surface area (Å²) in [4.78, 5) is 15.7. The third kappa shape index (κ3) is 5.80. The number of benzene rings is 2. The second-order valence-electron chi connectivity index (χ2n) is 8.94. The van der Waals surface area contributed by atoms with Crippen molar-refractivity contribution in [3.63, 3.8) is 0 Å². The Morgan fingerprint density at radius 3 is 2.84 bits per heavy atom. The highest BCUT2D eigenvalue weighted by molar-refractivity contribution is 6.42. The molecule has 2 aromatic carbocycles. The molecule has 4 aromatic rings. The van der Waals surface area contributed by atoms with Crippen LogP contribution in [0.5, 0.6) is 0 Å². The smallest absolute Gasteiger partial charge is 0.230 e. The minimum atomic E-state index is -0.0664. The van der Waals surface area contributed by atoms with Crippen LogP contribution in [0.4, 0.5) is 11.9 Å². The molecule has 1 saturated heterocycles. The molecule has 0 aliphatic carbocycles. The Morgan fingerprint density at radius 2 is 2.03 bits per heavy atom. The molecule has 9 nitrogen and oxygen atoms in total. The molecular weight excluding hydrogens is 513 g/mol. The van der Waals surface area contributed by atoms with Crippen LogP contribution in [-0.2, 0) is 15.9 Å². The van der Waals surface area contributed by atoms with Crippen LogP contribution >= 0.6 is 23.2 Å². The molecule has 1 unspecified atom stereocenters. The number of aromatic nitrogens is 5. The quantitative estimate of drug-likeness (QED) is 0.309. The lowest BCUT2D eigenvalue weighted by Crippen LogP contribution is -2.31. The average molecular weight is 542 g/mol. The Hall–Kier alpha value is -2.98. The van der Waals surface area contributed by atoms with Gasteiger partial charge in [0, 0.05) is 37.8 Å². The lowest BCUT2D eigenvalue weighted by molar-refractivity contribution is -0.0366. The number of nitrogen functional groups attached to an aromatic ring is 1. The van der Waals surface area contributed by atoms with Crippen molar-refractivity contribution in [3.05, 3.63) is 58.2 Å². The summed E-state index contributed by atoms with van der Waals surface area (Å²) in [7, 11) is 1.66. The first-order chi connectivity index (χ1) is 18.0. The van der Waals surface area contributed by atoms with Gasteiger partial charge in [-0.05, 0) is 43.4 Å². The molecule has 1 aliphatic rings. The molecule has 0 bridgehead atoms. The lowest BCUT2D eigenvalue weighted by Gasteiger charge is -2.24. The molecule has 194 valence electrons. The van der Waals surface area contributed by atoms with Crippen LogP contribution in [0.25, 0.3) is 22.3 Å². The number of rotatable bonds is 9. The van der Waals surface area contributed by atoms with Crippen molar-refractivity contribution in [1.29, 1.82) is 0 Å². The predicted molar refractivity (Wildman–Crippen MR) is 146 cm³/mol. The van der Waals surface area contributed by atoms with Crippen molar-refractivity contribution in [3.8, 4) is 11.4 Å². The van der Waals surface area contributed by atoms with Gasteiger partial charge in [0.2, 0.25) is 11.9 Å². The Bertz CT molecular complexity index is 1370. The summed E-state index contributed by atoms with van der Waals surface area (Å²) in [5.74, 6) is 1.11. The van der Waals surface area contributed by atoms with Gasteiger partial charge in [0.1, 0.15) is 0 Å².